The normalized spacial score (nSPS) is 11.9. The van der Waals surface area contributed by atoms with Gasteiger partial charge in [-0.05, 0) is 47.5 Å². The molecule has 25 heavy (non-hydrogen) atoms. The third-order valence-corrected chi connectivity index (χ3v) is 4.24. The van der Waals surface area contributed by atoms with Crippen LogP contribution in [-0.4, -0.2) is 15.6 Å². The molecule has 0 saturated heterocycles. The lowest BCUT2D eigenvalue weighted by Gasteiger charge is -2.14. The zero-order valence-electron chi connectivity index (χ0n) is 13.1. The van der Waals surface area contributed by atoms with E-state index in [2.05, 4.69) is 0 Å². The first-order chi connectivity index (χ1) is 11.7. The highest BCUT2D eigenvalue weighted by molar-refractivity contribution is 6.31. The molecule has 130 valence electrons. The number of nitrogens with zero attached hydrogens (tertiary/aromatic N) is 1. The number of halogens is 4. The molecular formula is C18H13ClF3NO2. The summed E-state index contributed by atoms with van der Waals surface area (Å²) in [6.45, 7) is 1.56. The van der Waals surface area contributed by atoms with Gasteiger partial charge < -0.3 is 9.67 Å². The lowest BCUT2D eigenvalue weighted by molar-refractivity contribution is -0.138. The second kappa shape index (κ2) is 6.11. The van der Waals surface area contributed by atoms with Crippen LogP contribution in [0.3, 0.4) is 0 Å². The Hall–Kier alpha value is -2.47. The molecule has 0 amide bonds. The van der Waals surface area contributed by atoms with E-state index in [0.29, 0.717) is 16.8 Å². The Morgan fingerprint density at radius 3 is 2.36 bits per heavy atom. The maximum atomic E-state index is 13.3. The van der Waals surface area contributed by atoms with Crippen LogP contribution in [-0.2, 0) is 12.6 Å². The number of hydrogen-bond donors (Lipinski definition) is 1. The van der Waals surface area contributed by atoms with Crippen molar-refractivity contribution in [3.05, 3.63) is 64.4 Å². The molecule has 1 N–H and O–H groups in total. The number of benzene rings is 2. The summed E-state index contributed by atoms with van der Waals surface area (Å²) in [5.74, 6) is -1.42. The number of aromatic nitrogens is 1. The monoisotopic (exact) mass is 367 g/mol. The highest BCUT2D eigenvalue weighted by Crippen LogP contribution is 2.36. The van der Waals surface area contributed by atoms with Crippen LogP contribution in [0.25, 0.3) is 16.5 Å². The molecule has 0 radical (unpaired) electrons. The van der Waals surface area contributed by atoms with E-state index in [1.807, 2.05) is 0 Å². The fraction of sp³-hybridized carbons (Fsp3) is 0.167. The van der Waals surface area contributed by atoms with Crippen molar-refractivity contribution >= 4 is 28.3 Å². The van der Waals surface area contributed by atoms with Gasteiger partial charge in [0.25, 0.3) is 0 Å². The van der Waals surface area contributed by atoms with E-state index in [-0.39, 0.29) is 12.1 Å². The Morgan fingerprint density at radius 1 is 1.12 bits per heavy atom. The summed E-state index contributed by atoms with van der Waals surface area (Å²) >= 11 is 5.94. The second-order valence-corrected chi connectivity index (χ2v) is 5.99. The molecule has 1 heterocycles. The fourth-order valence-electron chi connectivity index (χ4n) is 2.94. The maximum Gasteiger partial charge on any atom is 0.418 e. The summed E-state index contributed by atoms with van der Waals surface area (Å²) in [7, 11) is 0. The molecule has 7 heteroatoms. The number of carboxylic acid groups (broad SMARTS) is 1. The summed E-state index contributed by atoms with van der Waals surface area (Å²) in [6, 6.07) is 10.8. The van der Waals surface area contributed by atoms with Crippen molar-refractivity contribution in [2.75, 3.05) is 0 Å². The van der Waals surface area contributed by atoms with E-state index >= 15 is 0 Å². The standard InChI is InChI=1S/C18H13ClF3NO2/c1-2-15-14(18(20,21)22)9-16(17(24)25)23(15)13-6-4-10-7-12(19)5-3-11(10)8-13/h3-9H,2H2,1H3,(H,24,25). The van der Waals surface area contributed by atoms with Gasteiger partial charge in [-0.3, -0.25) is 0 Å². The maximum absolute atomic E-state index is 13.3. The van der Waals surface area contributed by atoms with Crippen molar-refractivity contribution in [2.24, 2.45) is 0 Å². The average Bonchev–Trinajstić information content (AvgIpc) is 2.94. The quantitative estimate of drug-likeness (QED) is 0.658. The van der Waals surface area contributed by atoms with Crippen molar-refractivity contribution in [1.82, 2.24) is 4.57 Å². The number of carboxylic acids is 1. The van der Waals surface area contributed by atoms with E-state index < -0.39 is 23.4 Å². The molecule has 0 saturated carbocycles. The minimum absolute atomic E-state index is 0.0424. The van der Waals surface area contributed by atoms with Crippen LogP contribution in [0.1, 0.15) is 28.7 Å². The van der Waals surface area contributed by atoms with Crippen LogP contribution in [0.4, 0.5) is 13.2 Å². The van der Waals surface area contributed by atoms with Crippen molar-refractivity contribution in [3.8, 4) is 5.69 Å². The first-order valence-corrected chi connectivity index (χ1v) is 7.85. The van der Waals surface area contributed by atoms with Gasteiger partial charge in [-0.1, -0.05) is 30.7 Å². The Bertz CT molecular complexity index is 976. The predicted octanol–water partition coefficient (Wildman–Crippen LogP) is 5.56. The van der Waals surface area contributed by atoms with Gasteiger partial charge in [-0.25, -0.2) is 4.79 Å². The third kappa shape index (κ3) is 3.09. The zero-order chi connectivity index (χ0) is 18.4. The molecular weight excluding hydrogens is 355 g/mol. The Kier molecular flexibility index (Phi) is 4.24. The first kappa shape index (κ1) is 17.4. The summed E-state index contributed by atoms with van der Waals surface area (Å²) in [4.78, 5) is 11.5. The average molecular weight is 368 g/mol. The molecule has 0 bridgehead atoms. The molecule has 0 atom stereocenters. The minimum Gasteiger partial charge on any atom is -0.477 e. The SMILES string of the molecule is CCc1c(C(F)(F)F)cc(C(=O)O)n1-c1ccc2cc(Cl)ccc2c1. The van der Waals surface area contributed by atoms with E-state index in [4.69, 9.17) is 11.6 Å². The van der Waals surface area contributed by atoms with Crippen LogP contribution in [0.15, 0.2) is 42.5 Å². The third-order valence-electron chi connectivity index (χ3n) is 4.01. The number of alkyl halides is 3. The Labute approximate surface area is 146 Å². The van der Waals surface area contributed by atoms with Gasteiger partial charge in [0.2, 0.25) is 0 Å². The molecule has 0 unspecified atom stereocenters. The number of aromatic carboxylic acids is 1. The van der Waals surface area contributed by atoms with Gasteiger partial charge in [0, 0.05) is 16.4 Å². The lowest BCUT2D eigenvalue weighted by atomic mass is 10.1. The fourth-order valence-corrected chi connectivity index (χ4v) is 3.12. The summed E-state index contributed by atoms with van der Waals surface area (Å²) in [6.07, 6.45) is -4.58. The van der Waals surface area contributed by atoms with Gasteiger partial charge in [-0.15, -0.1) is 0 Å². The molecule has 0 spiro atoms. The minimum atomic E-state index is -4.62. The predicted molar refractivity (Wildman–Crippen MR) is 89.6 cm³/mol. The van der Waals surface area contributed by atoms with Crippen LogP contribution < -0.4 is 0 Å². The molecule has 0 aliphatic carbocycles. The van der Waals surface area contributed by atoms with Crippen LogP contribution in [0.5, 0.6) is 0 Å². The molecule has 3 nitrogen and oxygen atoms in total. The molecule has 0 fully saturated rings. The Balaban J connectivity index is 2.30. The van der Waals surface area contributed by atoms with E-state index in [9.17, 15) is 23.1 Å². The molecule has 1 aromatic heterocycles. The number of carbonyl (C=O) groups is 1. The van der Waals surface area contributed by atoms with E-state index in [1.165, 1.54) is 0 Å². The number of fused-ring (bicyclic) bond motifs is 1. The molecule has 0 aliphatic rings. The smallest absolute Gasteiger partial charge is 0.418 e. The van der Waals surface area contributed by atoms with Crippen molar-refractivity contribution < 1.29 is 23.1 Å². The lowest BCUT2D eigenvalue weighted by Crippen LogP contribution is -2.11. The van der Waals surface area contributed by atoms with Gasteiger partial charge >= 0.3 is 12.1 Å². The van der Waals surface area contributed by atoms with Gasteiger partial charge in [0.15, 0.2) is 0 Å². The highest BCUT2D eigenvalue weighted by Gasteiger charge is 2.37. The van der Waals surface area contributed by atoms with Crippen LogP contribution >= 0.6 is 11.6 Å². The summed E-state index contributed by atoms with van der Waals surface area (Å²) < 4.78 is 41.0. The van der Waals surface area contributed by atoms with Gasteiger partial charge in [-0.2, -0.15) is 13.2 Å². The second-order valence-electron chi connectivity index (χ2n) is 5.56. The van der Waals surface area contributed by atoms with Crippen LogP contribution in [0.2, 0.25) is 5.02 Å². The molecule has 2 aromatic carbocycles. The number of hydrogen-bond acceptors (Lipinski definition) is 1. The van der Waals surface area contributed by atoms with Crippen molar-refractivity contribution in [1.29, 1.82) is 0 Å². The topological polar surface area (TPSA) is 42.2 Å². The summed E-state index contributed by atoms with van der Waals surface area (Å²) in [5, 5.41) is 11.5. The zero-order valence-corrected chi connectivity index (χ0v) is 13.8. The van der Waals surface area contributed by atoms with Crippen molar-refractivity contribution in [3.63, 3.8) is 0 Å². The van der Waals surface area contributed by atoms with E-state index in [0.717, 1.165) is 15.3 Å². The largest absolute Gasteiger partial charge is 0.477 e. The molecule has 0 aliphatic heterocycles. The molecule has 3 rings (SSSR count). The van der Waals surface area contributed by atoms with Gasteiger partial charge in [0.1, 0.15) is 5.69 Å². The van der Waals surface area contributed by atoms with E-state index in [1.54, 1.807) is 43.3 Å². The first-order valence-electron chi connectivity index (χ1n) is 7.47. The molecule has 3 aromatic rings. The summed E-state index contributed by atoms with van der Waals surface area (Å²) in [5.41, 5.74) is -1.07. The van der Waals surface area contributed by atoms with Gasteiger partial charge in [0.05, 0.1) is 5.56 Å². The highest BCUT2D eigenvalue weighted by atomic mass is 35.5. The Morgan fingerprint density at radius 2 is 1.76 bits per heavy atom. The number of rotatable bonds is 3. The van der Waals surface area contributed by atoms with Crippen LogP contribution in [0, 0.1) is 0 Å². The van der Waals surface area contributed by atoms with Crippen molar-refractivity contribution in [2.45, 2.75) is 19.5 Å².